The van der Waals surface area contributed by atoms with E-state index in [1.54, 1.807) is 0 Å². The van der Waals surface area contributed by atoms with E-state index in [1.165, 1.54) is 32.9 Å². The summed E-state index contributed by atoms with van der Waals surface area (Å²) < 4.78 is 17.3. The van der Waals surface area contributed by atoms with Gasteiger partial charge in [0.05, 0.1) is 38.6 Å². The van der Waals surface area contributed by atoms with Crippen LogP contribution < -0.4 is 0 Å². The van der Waals surface area contributed by atoms with Gasteiger partial charge in [-0.25, -0.2) is 17.7 Å². The van der Waals surface area contributed by atoms with E-state index in [0.717, 1.165) is 26.2 Å². The number of morpholine rings is 2. The molecule has 10 heteroatoms. The Morgan fingerprint density at radius 2 is 1.33 bits per heavy atom. The molecule has 0 aromatic carbocycles. The van der Waals surface area contributed by atoms with Gasteiger partial charge >= 0.3 is 6.03 Å². The Balaban J connectivity index is 1.53. The minimum Gasteiger partial charge on any atom is -0.379 e. The lowest BCUT2D eigenvalue weighted by Gasteiger charge is -2.29. The van der Waals surface area contributed by atoms with Crippen LogP contribution in [0.15, 0.2) is 0 Å². The van der Waals surface area contributed by atoms with Crippen LogP contribution in [0.1, 0.15) is 0 Å². The highest BCUT2D eigenvalue weighted by Gasteiger charge is 2.40. The van der Waals surface area contributed by atoms with Crippen molar-refractivity contribution in [1.29, 1.82) is 0 Å². The second-order valence-corrected chi connectivity index (χ2v) is 6.92. The SMILES string of the molecule is O=C1CN(SN2CCOCC2)C(=O)N1SN1CCOCC1. The van der Waals surface area contributed by atoms with Crippen LogP contribution in [-0.2, 0) is 14.3 Å². The lowest BCUT2D eigenvalue weighted by molar-refractivity contribution is -0.121. The number of rotatable bonds is 4. The van der Waals surface area contributed by atoms with Crippen LogP contribution in [-0.4, -0.2) is 88.3 Å². The van der Waals surface area contributed by atoms with Crippen molar-refractivity contribution in [2.45, 2.75) is 0 Å². The van der Waals surface area contributed by atoms with Crippen molar-refractivity contribution < 1.29 is 19.1 Å². The van der Waals surface area contributed by atoms with E-state index < -0.39 is 0 Å². The zero-order valence-electron chi connectivity index (χ0n) is 11.6. The van der Waals surface area contributed by atoms with Crippen LogP contribution in [0.5, 0.6) is 0 Å². The molecule has 3 rings (SSSR count). The summed E-state index contributed by atoms with van der Waals surface area (Å²) in [6.07, 6.45) is 0. The highest BCUT2D eigenvalue weighted by atomic mass is 32.2. The Hall–Kier alpha value is -0.520. The van der Waals surface area contributed by atoms with Gasteiger partial charge in [-0.15, -0.1) is 0 Å². The molecule has 3 aliphatic heterocycles. The molecule has 3 heterocycles. The number of ether oxygens (including phenoxy) is 2. The molecule has 0 aromatic rings. The minimum absolute atomic E-state index is 0.123. The van der Waals surface area contributed by atoms with Gasteiger partial charge in [0, 0.05) is 38.3 Å². The van der Waals surface area contributed by atoms with Crippen LogP contribution in [0.3, 0.4) is 0 Å². The van der Waals surface area contributed by atoms with Crippen LogP contribution >= 0.6 is 24.3 Å². The Bertz CT molecular complexity index is 402. The van der Waals surface area contributed by atoms with Crippen LogP contribution in [0.2, 0.25) is 0 Å². The quantitative estimate of drug-likeness (QED) is 0.527. The molecular formula is C11H18N4O4S2. The molecule has 3 amide bonds. The average Bonchev–Trinajstić information content (AvgIpc) is 2.77. The van der Waals surface area contributed by atoms with Gasteiger partial charge in [-0.1, -0.05) is 0 Å². The van der Waals surface area contributed by atoms with Crippen molar-refractivity contribution in [2.24, 2.45) is 0 Å². The predicted octanol–water partition coefficient (Wildman–Crippen LogP) is 0.0414. The van der Waals surface area contributed by atoms with E-state index in [1.807, 2.05) is 4.31 Å². The highest BCUT2D eigenvalue weighted by molar-refractivity contribution is 7.97. The van der Waals surface area contributed by atoms with Gasteiger partial charge in [-0.05, 0) is 0 Å². The number of hydrogen-bond donors (Lipinski definition) is 0. The van der Waals surface area contributed by atoms with Crippen LogP contribution in [0.25, 0.3) is 0 Å². The van der Waals surface area contributed by atoms with Crippen molar-refractivity contribution in [1.82, 2.24) is 17.2 Å². The molecule has 0 aliphatic carbocycles. The first-order valence-corrected chi connectivity index (χ1v) is 8.36. The second-order valence-electron chi connectivity index (χ2n) is 4.75. The monoisotopic (exact) mass is 334 g/mol. The zero-order chi connectivity index (χ0) is 14.7. The summed E-state index contributed by atoms with van der Waals surface area (Å²) in [5.74, 6) is -0.169. The third-order valence-electron chi connectivity index (χ3n) is 3.24. The standard InChI is InChI=1S/C11H18N4O4S2/c16-10-9-14(20-12-1-5-18-6-2-12)11(17)15(10)21-13-3-7-19-8-4-13/h1-9H2. The van der Waals surface area contributed by atoms with E-state index in [9.17, 15) is 9.59 Å². The molecule has 0 saturated carbocycles. The van der Waals surface area contributed by atoms with Crippen molar-refractivity contribution >= 4 is 36.2 Å². The number of carbonyl (C=O) groups excluding carboxylic acids is 2. The molecule has 0 atom stereocenters. The van der Waals surface area contributed by atoms with E-state index in [4.69, 9.17) is 9.47 Å². The Labute approximate surface area is 132 Å². The molecular weight excluding hydrogens is 316 g/mol. The first-order valence-electron chi connectivity index (χ1n) is 6.90. The molecule has 21 heavy (non-hydrogen) atoms. The van der Waals surface area contributed by atoms with E-state index in [2.05, 4.69) is 4.31 Å². The number of nitrogens with zero attached hydrogens (tertiary/aromatic N) is 4. The zero-order valence-corrected chi connectivity index (χ0v) is 13.2. The maximum Gasteiger partial charge on any atom is 0.349 e. The summed E-state index contributed by atoms with van der Waals surface area (Å²) in [5.41, 5.74) is 0. The van der Waals surface area contributed by atoms with Crippen LogP contribution in [0, 0.1) is 0 Å². The third kappa shape index (κ3) is 3.82. The number of urea groups is 1. The fourth-order valence-electron chi connectivity index (χ4n) is 2.12. The fraction of sp³-hybridized carbons (Fsp3) is 0.818. The third-order valence-corrected chi connectivity index (χ3v) is 5.44. The van der Waals surface area contributed by atoms with Gasteiger partial charge in [0.2, 0.25) is 0 Å². The number of hydrogen-bond acceptors (Lipinski definition) is 8. The van der Waals surface area contributed by atoms with E-state index in [0.29, 0.717) is 26.4 Å². The number of amides is 3. The van der Waals surface area contributed by atoms with Gasteiger partial charge in [0.1, 0.15) is 6.54 Å². The topological polar surface area (TPSA) is 65.6 Å². The maximum absolute atomic E-state index is 12.3. The van der Waals surface area contributed by atoms with Crippen LogP contribution in [0.4, 0.5) is 4.79 Å². The molecule has 0 aromatic heterocycles. The molecule has 3 fully saturated rings. The summed E-state index contributed by atoms with van der Waals surface area (Å²) in [6.45, 7) is 5.68. The molecule has 3 aliphatic rings. The van der Waals surface area contributed by atoms with E-state index >= 15 is 0 Å². The van der Waals surface area contributed by atoms with Crippen molar-refractivity contribution in [2.75, 3.05) is 59.2 Å². The first-order chi connectivity index (χ1) is 10.2. The molecule has 0 unspecified atom stereocenters. The Morgan fingerprint density at radius 3 is 1.90 bits per heavy atom. The summed E-state index contributed by atoms with van der Waals surface area (Å²) in [5, 5.41) is 0. The summed E-state index contributed by atoms with van der Waals surface area (Å²) in [7, 11) is 0. The number of carbonyl (C=O) groups is 2. The molecule has 0 N–H and O–H groups in total. The molecule has 3 saturated heterocycles. The van der Waals surface area contributed by atoms with Gasteiger partial charge in [-0.3, -0.25) is 4.79 Å². The van der Waals surface area contributed by atoms with Crippen molar-refractivity contribution in [3.05, 3.63) is 0 Å². The lowest BCUT2D eigenvalue weighted by atomic mass is 10.5. The molecule has 8 nitrogen and oxygen atoms in total. The predicted molar refractivity (Wildman–Crippen MR) is 78.9 cm³/mol. The normalized spacial score (nSPS) is 25.9. The lowest BCUT2D eigenvalue weighted by Crippen LogP contribution is -2.38. The minimum atomic E-state index is -0.256. The molecule has 0 spiro atoms. The fourth-order valence-corrected chi connectivity index (χ4v) is 3.94. The smallest absolute Gasteiger partial charge is 0.349 e. The summed E-state index contributed by atoms with van der Waals surface area (Å²) in [4.78, 5) is 24.4. The highest BCUT2D eigenvalue weighted by Crippen LogP contribution is 2.29. The summed E-state index contributed by atoms with van der Waals surface area (Å²) in [6, 6.07) is -0.256. The second kappa shape index (κ2) is 7.16. The largest absolute Gasteiger partial charge is 0.379 e. The number of imide groups is 1. The van der Waals surface area contributed by atoms with Gasteiger partial charge in [0.15, 0.2) is 0 Å². The Morgan fingerprint density at radius 1 is 0.810 bits per heavy atom. The molecule has 0 bridgehead atoms. The van der Waals surface area contributed by atoms with Gasteiger partial charge in [0.25, 0.3) is 5.91 Å². The van der Waals surface area contributed by atoms with Gasteiger partial charge < -0.3 is 9.47 Å². The van der Waals surface area contributed by atoms with Crippen molar-refractivity contribution in [3.63, 3.8) is 0 Å². The summed E-state index contributed by atoms with van der Waals surface area (Å²) >= 11 is 2.52. The molecule has 0 radical (unpaired) electrons. The Kier molecular flexibility index (Phi) is 5.24. The first kappa shape index (κ1) is 15.4. The van der Waals surface area contributed by atoms with Crippen molar-refractivity contribution in [3.8, 4) is 0 Å². The van der Waals surface area contributed by atoms with E-state index in [-0.39, 0.29) is 18.5 Å². The van der Waals surface area contributed by atoms with Gasteiger partial charge in [-0.2, -0.15) is 4.31 Å². The molecule has 118 valence electrons. The maximum atomic E-state index is 12.3. The average molecular weight is 334 g/mol.